The fraction of sp³-hybridized carbons (Fsp3) is 0.278. The molecule has 0 bridgehead atoms. The number of amides is 1. The van der Waals surface area contributed by atoms with Crippen molar-refractivity contribution in [2.75, 3.05) is 27.8 Å². The second-order valence-electron chi connectivity index (χ2n) is 5.85. The normalized spacial score (nSPS) is 10.9. The zero-order valence-corrected chi connectivity index (χ0v) is 14.4. The zero-order chi connectivity index (χ0) is 18.0. The Morgan fingerprint density at radius 1 is 1.32 bits per heavy atom. The molecule has 0 saturated carbocycles. The lowest BCUT2D eigenvalue weighted by molar-refractivity contribution is 0.0829. The highest BCUT2D eigenvalue weighted by Crippen LogP contribution is 2.28. The summed E-state index contributed by atoms with van der Waals surface area (Å²) in [6, 6.07) is 7.24. The molecule has 2 heterocycles. The van der Waals surface area contributed by atoms with E-state index in [0.717, 1.165) is 10.9 Å². The first-order valence-corrected chi connectivity index (χ1v) is 7.87. The molecule has 0 atom stereocenters. The molecule has 1 N–H and O–H groups in total. The Morgan fingerprint density at radius 2 is 2.12 bits per heavy atom. The van der Waals surface area contributed by atoms with Crippen molar-refractivity contribution in [2.24, 2.45) is 0 Å². The number of methoxy groups -OCH3 is 1. The molecule has 0 radical (unpaired) electrons. The summed E-state index contributed by atoms with van der Waals surface area (Å²) in [5.41, 5.74) is 2.68. The third-order valence-electron chi connectivity index (χ3n) is 3.91. The van der Waals surface area contributed by atoms with Crippen LogP contribution in [0.2, 0.25) is 0 Å². The van der Waals surface area contributed by atoms with E-state index in [9.17, 15) is 4.79 Å². The molecular formula is C18H20N4O3. The maximum absolute atomic E-state index is 12.6. The topological polar surface area (TPSA) is 80.5 Å². The lowest BCUT2D eigenvalue weighted by Gasteiger charge is -2.14. The third-order valence-corrected chi connectivity index (χ3v) is 3.91. The largest absolute Gasteiger partial charge is 0.497 e. The SMILES string of the molecule is COc1ccc2c(C(=O)N(C)C)cc(-c3cnn(CCO)c3)nc2c1. The summed E-state index contributed by atoms with van der Waals surface area (Å²) in [7, 11) is 5.03. The fourth-order valence-electron chi connectivity index (χ4n) is 2.62. The molecule has 1 amide bonds. The van der Waals surface area contributed by atoms with Gasteiger partial charge in [0.05, 0.1) is 43.2 Å². The van der Waals surface area contributed by atoms with Crippen molar-refractivity contribution in [2.45, 2.75) is 6.54 Å². The number of rotatable bonds is 5. The molecule has 2 aromatic heterocycles. The minimum atomic E-state index is -0.0958. The number of hydrogen-bond acceptors (Lipinski definition) is 5. The van der Waals surface area contributed by atoms with Crippen molar-refractivity contribution in [3.63, 3.8) is 0 Å². The number of ether oxygens (including phenoxy) is 1. The molecule has 0 fully saturated rings. The highest BCUT2D eigenvalue weighted by Gasteiger charge is 2.16. The van der Waals surface area contributed by atoms with E-state index < -0.39 is 0 Å². The van der Waals surface area contributed by atoms with E-state index in [0.29, 0.717) is 29.1 Å². The number of fused-ring (bicyclic) bond motifs is 1. The van der Waals surface area contributed by atoms with E-state index >= 15 is 0 Å². The smallest absolute Gasteiger partial charge is 0.254 e. The Morgan fingerprint density at radius 3 is 2.80 bits per heavy atom. The molecule has 3 rings (SSSR count). The van der Waals surface area contributed by atoms with E-state index in [2.05, 4.69) is 10.1 Å². The Balaban J connectivity index is 2.19. The van der Waals surface area contributed by atoms with E-state index in [4.69, 9.17) is 9.84 Å². The van der Waals surface area contributed by atoms with Gasteiger partial charge in [-0.3, -0.25) is 9.48 Å². The predicted octanol–water partition coefficient (Wildman–Crippen LogP) is 1.80. The maximum Gasteiger partial charge on any atom is 0.254 e. The average Bonchev–Trinajstić information content (AvgIpc) is 3.08. The minimum Gasteiger partial charge on any atom is -0.497 e. The van der Waals surface area contributed by atoms with Crippen molar-refractivity contribution in [1.82, 2.24) is 19.7 Å². The fourth-order valence-corrected chi connectivity index (χ4v) is 2.62. The van der Waals surface area contributed by atoms with Crippen LogP contribution < -0.4 is 4.74 Å². The Labute approximate surface area is 145 Å². The van der Waals surface area contributed by atoms with Gasteiger partial charge in [-0.2, -0.15) is 5.10 Å². The van der Waals surface area contributed by atoms with Gasteiger partial charge in [-0.15, -0.1) is 0 Å². The standard InChI is InChI=1S/C18H20N4O3/c1-21(2)18(24)15-9-16(12-10-19-22(11-12)6-7-23)20-17-8-13(25-3)4-5-14(15)17/h4-5,8-11,23H,6-7H2,1-3H3. The minimum absolute atomic E-state index is 0.00777. The molecule has 0 saturated heterocycles. The highest BCUT2D eigenvalue weighted by molar-refractivity contribution is 6.07. The monoisotopic (exact) mass is 340 g/mol. The zero-order valence-electron chi connectivity index (χ0n) is 14.4. The van der Waals surface area contributed by atoms with Gasteiger partial charge in [0, 0.05) is 37.3 Å². The first kappa shape index (κ1) is 16.9. The van der Waals surface area contributed by atoms with Crippen LogP contribution in [0.4, 0.5) is 0 Å². The summed E-state index contributed by atoms with van der Waals surface area (Å²) in [6.07, 6.45) is 3.47. The van der Waals surface area contributed by atoms with E-state index in [-0.39, 0.29) is 12.5 Å². The molecular weight excluding hydrogens is 320 g/mol. The van der Waals surface area contributed by atoms with Crippen LogP contribution in [-0.2, 0) is 6.54 Å². The number of nitrogens with zero attached hydrogens (tertiary/aromatic N) is 4. The lowest BCUT2D eigenvalue weighted by Crippen LogP contribution is -2.22. The summed E-state index contributed by atoms with van der Waals surface area (Å²) < 4.78 is 6.91. The van der Waals surface area contributed by atoms with Crippen molar-refractivity contribution in [3.8, 4) is 17.0 Å². The van der Waals surface area contributed by atoms with Crippen LogP contribution in [0.15, 0.2) is 36.7 Å². The first-order chi connectivity index (χ1) is 12.0. The number of carbonyl (C=O) groups excluding carboxylic acids is 1. The van der Waals surface area contributed by atoms with Crippen LogP contribution in [-0.4, -0.2) is 58.5 Å². The molecule has 0 aliphatic heterocycles. The predicted molar refractivity (Wildman–Crippen MR) is 94.6 cm³/mol. The van der Waals surface area contributed by atoms with Gasteiger partial charge in [0.2, 0.25) is 0 Å². The molecule has 7 heteroatoms. The van der Waals surface area contributed by atoms with Crippen molar-refractivity contribution in [1.29, 1.82) is 0 Å². The second-order valence-corrected chi connectivity index (χ2v) is 5.85. The Kier molecular flexibility index (Phi) is 4.67. The first-order valence-electron chi connectivity index (χ1n) is 7.87. The van der Waals surface area contributed by atoms with E-state index in [1.54, 1.807) is 44.3 Å². The number of pyridine rings is 1. The molecule has 130 valence electrons. The van der Waals surface area contributed by atoms with E-state index in [1.165, 1.54) is 4.90 Å². The van der Waals surface area contributed by atoms with Gasteiger partial charge in [-0.05, 0) is 18.2 Å². The van der Waals surface area contributed by atoms with Crippen LogP contribution in [0.25, 0.3) is 22.2 Å². The van der Waals surface area contributed by atoms with Gasteiger partial charge >= 0.3 is 0 Å². The number of benzene rings is 1. The quantitative estimate of drug-likeness (QED) is 0.766. The molecule has 7 nitrogen and oxygen atoms in total. The summed E-state index contributed by atoms with van der Waals surface area (Å²) in [5.74, 6) is 0.581. The van der Waals surface area contributed by atoms with Crippen molar-refractivity contribution >= 4 is 16.8 Å². The summed E-state index contributed by atoms with van der Waals surface area (Å²) in [6.45, 7) is 0.415. The summed E-state index contributed by atoms with van der Waals surface area (Å²) >= 11 is 0. The lowest BCUT2D eigenvalue weighted by atomic mass is 10.0. The van der Waals surface area contributed by atoms with Crippen LogP contribution in [0.3, 0.4) is 0 Å². The van der Waals surface area contributed by atoms with Gasteiger partial charge in [-0.25, -0.2) is 4.98 Å². The molecule has 0 spiro atoms. The third kappa shape index (κ3) is 3.32. The van der Waals surface area contributed by atoms with E-state index in [1.807, 2.05) is 18.2 Å². The Hall–Kier alpha value is -2.93. The van der Waals surface area contributed by atoms with Crippen LogP contribution in [0.1, 0.15) is 10.4 Å². The summed E-state index contributed by atoms with van der Waals surface area (Å²) in [4.78, 5) is 18.8. The van der Waals surface area contributed by atoms with Gasteiger partial charge in [0.1, 0.15) is 5.75 Å². The number of hydrogen-bond donors (Lipinski definition) is 1. The molecule has 1 aromatic carbocycles. The second kappa shape index (κ2) is 6.90. The van der Waals surface area contributed by atoms with Gasteiger partial charge in [0.15, 0.2) is 0 Å². The number of aliphatic hydroxyl groups is 1. The molecule has 0 aliphatic carbocycles. The van der Waals surface area contributed by atoms with Gasteiger partial charge in [-0.1, -0.05) is 0 Å². The van der Waals surface area contributed by atoms with Crippen LogP contribution in [0, 0.1) is 0 Å². The average molecular weight is 340 g/mol. The highest BCUT2D eigenvalue weighted by atomic mass is 16.5. The summed E-state index contributed by atoms with van der Waals surface area (Å²) in [5, 5.41) is 14.0. The van der Waals surface area contributed by atoms with Crippen molar-refractivity contribution < 1.29 is 14.6 Å². The van der Waals surface area contributed by atoms with Crippen LogP contribution >= 0.6 is 0 Å². The van der Waals surface area contributed by atoms with Crippen molar-refractivity contribution in [3.05, 3.63) is 42.2 Å². The number of aliphatic hydroxyl groups excluding tert-OH is 1. The van der Waals surface area contributed by atoms with Crippen LogP contribution in [0.5, 0.6) is 5.75 Å². The number of carbonyl (C=O) groups is 1. The maximum atomic E-state index is 12.6. The molecule has 25 heavy (non-hydrogen) atoms. The Bertz CT molecular complexity index is 918. The van der Waals surface area contributed by atoms with Gasteiger partial charge < -0.3 is 14.7 Å². The molecule has 0 aliphatic rings. The van der Waals surface area contributed by atoms with Gasteiger partial charge in [0.25, 0.3) is 5.91 Å². The number of aromatic nitrogens is 3. The molecule has 3 aromatic rings. The molecule has 0 unspecified atom stereocenters.